The predicted octanol–water partition coefficient (Wildman–Crippen LogP) is 5.16. The van der Waals surface area contributed by atoms with Crippen molar-refractivity contribution in [3.8, 4) is 11.8 Å². The van der Waals surface area contributed by atoms with E-state index >= 15 is 0 Å². The maximum absolute atomic E-state index is 9.49. The number of aryl methyl sites for hydroxylation is 1. The molecule has 4 rings (SSSR count). The molecule has 0 atom stereocenters. The molecule has 0 bridgehead atoms. The molecule has 1 aliphatic carbocycles. The van der Waals surface area contributed by atoms with Crippen molar-refractivity contribution >= 4 is 16.8 Å². The second kappa shape index (κ2) is 13.1. The summed E-state index contributed by atoms with van der Waals surface area (Å²) in [6, 6.07) is 14.5. The van der Waals surface area contributed by atoms with Gasteiger partial charge in [-0.15, -0.1) is 0 Å². The average molecular weight is 492 g/mol. The van der Waals surface area contributed by atoms with Gasteiger partial charge in [-0.2, -0.15) is 10.4 Å². The third kappa shape index (κ3) is 7.43. The van der Waals surface area contributed by atoms with Crippen LogP contribution in [0.4, 0.5) is 0 Å². The Balaban J connectivity index is 0.000000363. The lowest BCUT2D eigenvalue weighted by atomic mass is 10.1. The maximum atomic E-state index is 9.49. The van der Waals surface area contributed by atoms with Crippen molar-refractivity contribution < 1.29 is 4.74 Å². The minimum atomic E-state index is 0.0305. The zero-order chi connectivity index (χ0) is 25.2. The first-order valence-electron chi connectivity index (χ1n) is 12.3. The number of thioether (sulfide) groups is 1. The summed E-state index contributed by atoms with van der Waals surface area (Å²) in [5, 5.41) is 14.8. The zero-order valence-corrected chi connectivity index (χ0v) is 22.0. The molecule has 0 radical (unpaired) electrons. The van der Waals surface area contributed by atoms with Crippen LogP contribution in [0.3, 0.4) is 0 Å². The number of likely N-dealkylation sites (tertiary alicyclic amines) is 1. The number of nitrogens with zero attached hydrogens (tertiary/aromatic N) is 3. The number of fused-ring (bicyclic) bond motifs is 1. The fraction of sp³-hybridized carbons (Fsp3) is 0.429. The normalized spacial score (nSPS) is 14.7. The highest BCUT2D eigenvalue weighted by atomic mass is 32.2. The summed E-state index contributed by atoms with van der Waals surface area (Å²) in [7, 11) is 1.79. The molecule has 0 spiro atoms. The van der Waals surface area contributed by atoms with Gasteiger partial charge in [0.1, 0.15) is 16.9 Å². The van der Waals surface area contributed by atoms with Crippen LogP contribution < -0.4 is 15.9 Å². The summed E-state index contributed by atoms with van der Waals surface area (Å²) in [6.45, 7) is 9.76. The molecular weight excluding hydrogens is 454 g/mol. The van der Waals surface area contributed by atoms with E-state index in [9.17, 15) is 5.26 Å². The van der Waals surface area contributed by atoms with Crippen molar-refractivity contribution in [3.05, 3.63) is 76.6 Å². The molecular formula is C28H37N5OS. The van der Waals surface area contributed by atoms with Gasteiger partial charge in [0.15, 0.2) is 0 Å². The number of ether oxygens (including phenoxy) is 1. The van der Waals surface area contributed by atoms with E-state index in [0.29, 0.717) is 11.3 Å². The number of hydrazone groups is 1. The highest BCUT2D eigenvalue weighted by molar-refractivity contribution is 8.13. The van der Waals surface area contributed by atoms with Gasteiger partial charge in [0.25, 0.3) is 0 Å². The molecule has 3 N–H and O–H groups in total. The number of hydrogen-bond donors (Lipinski definition) is 2. The first-order chi connectivity index (χ1) is 16.9. The van der Waals surface area contributed by atoms with Crippen molar-refractivity contribution in [2.75, 3.05) is 20.1 Å². The topological polar surface area (TPSA) is 86.7 Å². The van der Waals surface area contributed by atoms with Gasteiger partial charge in [-0.1, -0.05) is 36.5 Å². The Bertz CT molecular complexity index is 1080. The summed E-state index contributed by atoms with van der Waals surface area (Å²) in [4.78, 5) is 2.11. The summed E-state index contributed by atoms with van der Waals surface area (Å²) in [5.74, 6) is 2.21. The maximum Gasteiger partial charge on any atom is 0.137 e. The van der Waals surface area contributed by atoms with Crippen LogP contribution in [-0.2, 0) is 18.6 Å². The standard InChI is InChI=1S/C22H25N3OS.C6H12N2/c1-15(2)26-21-11-10-17(12-19(21)13-23)22(25-24-3)27-14-18-8-4-6-16-7-5-9-20(16)18;1-6(7)8-4-2-3-5-8/h4,6,8,10-12,15,24H,5,7,9,14H2,1-3H3;1-5,7H2/b25-22-;. The van der Waals surface area contributed by atoms with Gasteiger partial charge >= 0.3 is 0 Å². The number of nitrogens with one attached hydrogen (secondary N) is 1. The molecule has 186 valence electrons. The molecule has 2 aliphatic rings. The first kappa shape index (κ1) is 26.5. The Morgan fingerprint density at radius 2 is 2.00 bits per heavy atom. The molecule has 1 fully saturated rings. The molecule has 0 saturated carbocycles. The molecule has 2 aromatic rings. The molecule has 1 aliphatic heterocycles. The van der Waals surface area contributed by atoms with Crippen LogP contribution in [0.5, 0.6) is 5.75 Å². The fourth-order valence-electron chi connectivity index (χ4n) is 4.37. The zero-order valence-electron chi connectivity index (χ0n) is 21.1. The van der Waals surface area contributed by atoms with E-state index in [4.69, 9.17) is 10.5 Å². The van der Waals surface area contributed by atoms with E-state index in [0.717, 1.165) is 35.3 Å². The van der Waals surface area contributed by atoms with Gasteiger partial charge in [-0.3, -0.25) is 0 Å². The SMILES string of the molecule is C=C(N)N1CCCC1.CN/N=C(\SCc1cccc2c1CCC2)c1ccc(OC(C)C)c(C#N)c1. The Hall–Kier alpha value is -3.11. The van der Waals surface area contributed by atoms with Crippen LogP contribution in [0.25, 0.3) is 0 Å². The average Bonchev–Trinajstić information content (AvgIpc) is 3.55. The Morgan fingerprint density at radius 3 is 2.63 bits per heavy atom. The molecule has 0 aromatic heterocycles. The van der Waals surface area contributed by atoms with E-state index in [1.165, 1.54) is 48.8 Å². The number of hydrogen-bond acceptors (Lipinski definition) is 7. The van der Waals surface area contributed by atoms with Gasteiger partial charge < -0.3 is 20.8 Å². The summed E-state index contributed by atoms with van der Waals surface area (Å²) in [6.07, 6.45) is 6.19. The quantitative estimate of drug-likeness (QED) is 0.316. The van der Waals surface area contributed by atoms with Crippen LogP contribution in [-0.4, -0.2) is 36.2 Å². The largest absolute Gasteiger partial charge is 0.490 e. The van der Waals surface area contributed by atoms with Crippen molar-refractivity contribution in [3.63, 3.8) is 0 Å². The van der Waals surface area contributed by atoms with E-state index in [1.54, 1.807) is 18.8 Å². The minimum absolute atomic E-state index is 0.0305. The van der Waals surface area contributed by atoms with E-state index in [1.807, 2.05) is 32.0 Å². The van der Waals surface area contributed by atoms with Gasteiger partial charge in [-0.05, 0) is 80.8 Å². The Labute approximate surface area is 214 Å². The number of nitriles is 1. The lowest BCUT2D eigenvalue weighted by Crippen LogP contribution is -2.22. The van der Waals surface area contributed by atoms with E-state index in [2.05, 4.69) is 46.3 Å². The van der Waals surface area contributed by atoms with Crippen LogP contribution in [0.2, 0.25) is 0 Å². The fourth-order valence-corrected chi connectivity index (χ4v) is 5.39. The Morgan fingerprint density at radius 1 is 1.23 bits per heavy atom. The third-order valence-electron chi connectivity index (χ3n) is 6.04. The van der Waals surface area contributed by atoms with Crippen LogP contribution >= 0.6 is 11.8 Å². The highest BCUT2D eigenvalue weighted by Gasteiger charge is 2.16. The van der Waals surface area contributed by atoms with Crippen molar-refractivity contribution in [2.45, 2.75) is 57.8 Å². The smallest absolute Gasteiger partial charge is 0.137 e. The molecule has 2 aromatic carbocycles. The minimum Gasteiger partial charge on any atom is -0.490 e. The highest BCUT2D eigenvalue weighted by Crippen LogP contribution is 2.30. The van der Waals surface area contributed by atoms with E-state index in [-0.39, 0.29) is 6.10 Å². The van der Waals surface area contributed by atoms with Gasteiger partial charge in [-0.25, -0.2) is 0 Å². The summed E-state index contributed by atoms with van der Waals surface area (Å²) in [5.41, 5.74) is 14.2. The second-order valence-corrected chi connectivity index (χ2v) is 9.98. The number of nitrogens with two attached hydrogens (primary N) is 1. The molecule has 0 amide bonds. The van der Waals surface area contributed by atoms with Crippen molar-refractivity contribution in [2.24, 2.45) is 10.8 Å². The van der Waals surface area contributed by atoms with Gasteiger partial charge in [0.2, 0.25) is 0 Å². The second-order valence-electron chi connectivity index (χ2n) is 9.01. The summed E-state index contributed by atoms with van der Waals surface area (Å²) < 4.78 is 5.73. The Kier molecular flexibility index (Phi) is 9.92. The molecule has 1 saturated heterocycles. The van der Waals surface area contributed by atoms with Crippen molar-refractivity contribution in [1.82, 2.24) is 10.3 Å². The molecule has 35 heavy (non-hydrogen) atoms. The van der Waals surface area contributed by atoms with Gasteiger partial charge in [0, 0.05) is 31.5 Å². The van der Waals surface area contributed by atoms with Crippen LogP contribution in [0.1, 0.15) is 60.9 Å². The van der Waals surface area contributed by atoms with Crippen LogP contribution in [0, 0.1) is 11.3 Å². The lowest BCUT2D eigenvalue weighted by Gasteiger charge is -2.14. The predicted molar refractivity (Wildman–Crippen MR) is 146 cm³/mol. The molecule has 1 heterocycles. The number of rotatable bonds is 7. The lowest BCUT2D eigenvalue weighted by molar-refractivity contribution is 0.241. The van der Waals surface area contributed by atoms with E-state index < -0.39 is 0 Å². The number of benzene rings is 2. The van der Waals surface area contributed by atoms with Crippen LogP contribution in [0.15, 0.2) is 53.9 Å². The van der Waals surface area contributed by atoms with Gasteiger partial charge in [0.05, 0.1) is 17.5 Å². The third-order valence-corrected chi connectivity index (χ3v) is 7.10. The first-order valence-corrected chi connectivity index (χ1v) is 13.3. The monoisotopic (exact) mass is 491 g/mol. The van der Waals surface area contributed by atoms with Crippen molar-refractivity contribution in [1.29, 1.82) is 5.26 Å². The summed E-state index contributed by atoms with van der Waals surface area (Å²) >= 11 is 1.69. The molecule has 6 nitrogen and oxygen atoms in total. The molecule has 0 unspecified atom stereocenters. The molecule has 7 heteroatoms.